The molecule has 0 spiro atoms. The van der Waals surface area contributed by atoms with E-state index in [-0.39, 0.29) is 0 Å². The van der Waals surface area contributed by atoms with Gasteiger partial charge in [0.2, 0.25) is 95.3 Å². The van der Waals surface area contributed by atoms with Gasteiger partial charge < -0.3 is 141 Å². The van der Waals surface area contributed by atoms with E-state index in [0.717, 1.165) is 33.1 Å². The number of aliphatic hydroxyl groups is 10. The molecule has 4 bridgehead atoms. The lowest BCUT2D eigenvalue weighted by Crippen LogP contribution is -2.64. The lowest BCUT2D eigenvalue weighted by Gasteiger charge is -2.38. The molecule has 26 N–H and O–H groups in total. The van der Waals surface area contributed by atoms with Gasteiger partial charge in [-0.15, -0.1) is 0 Å². The van der Waals surface area contributed by atoms with Gasteiger partial charge in [0.05, 0.1) is 69.0 Å². The topological polar surface area (TPSA) is 696 Å². The lowest BCUT2D eigenvalue weighted by atomic mass is 9.98. The molecule has 3 aliphatic rings. The van der Waals surface area contributed by atoms with Crippen LogP contribution < -0.4 is 84.9 Å². The fraction of sp³-hybridized carbons (Fsp3) is 0.467. The smallest absolute Gasteiger partial charge is 0.248 e. The molecule has 3 aromatic carbocycles. The van der Waals surface area contributed by atoms with Crippen molar-refractivity contribution < 1.29 is 137 Å². The van der Waals surface area contributed by atoms with Crippen LogP contribution in [0, 0.1) is 0 Å². The fourth-order valence-corrected chi connectivity index (χ4v) is 13.3. The Bertz CT molecular complexity index is 4410. The summed E-state index contributed by atoms with van der Waals surface area (Å²) in [6.45, 7) is -3.00. The zero-order chi connectivity index (χ0) is 88.5. The molecule has 3 aliphatic heterocycles. The second kappa shape index (κ2) is 45.4. The van der Waals surface area contributed by atoms with Crippen molar-refractivity contribution in [3.63, 3.8) is 0 Å². The molecule has 20 atom stereocenters. The van der Waals surface area contributed by atoms with Crippen LogP contribution >= 0.6 is 31.9 Å². The fourth-order valence-electron chi connectivity index (χ4n) is 12.7. The number of carboxylic acid groups (broad SMARTS) is 1. The molecular weight excluding hydrogens is 1720 g/mol. The van der Waals surface area contributed by atoms with E-state index in [1.54, 1.807) is 54.6 Å². The van der Waals surface area contributed by atoms with Crippen LogP contribution in [0.15, 0.2) is 118 Å². The predicted molar refractivity (Wildman–Crippen MR) is 417 cm³/mol. The highest BCUT2D eigenvalue weighted by Crippen LogP contribution is 2.27. The number of carboxylic acids is 1. The molecule has 0 radical (unpaired) electrons. The molecule has 1 fully saturated rings. The maximum absolute atomic E-state index is 15.3. The number of carbonyl (C=O) groups is 15. The predicted octanol–water partition coefficient (Wildman–Crippen LogP) is -11.4. The van der Waals surface area contributed by atoms with Crippen molar-refractivity contribution in [1.29, 1.82) is 0 Å². The van der Waals surface area contributed by atoms with E-state index in [1.165, 1.54) is 49.4 Å². The van der Waals surface area contributed by atoms with E-state index < -0.39 is 300 Å². The Morgan fingerprint density at radius 2 is 1.12 bits per heavy atom. The molecule has 0 saturated carbocycles. The minimum absolute atomic E-state index is 0.313. The van der Waals surface area contributed by atoms with Crippen LogP contribution in [0.2, 0.25) is 0 Å². The van der Waals surface area contributed by atoms with Crippen molar-refractivity contribution in [2.45, 2.75) is 193 Å². The molecule has 4 aromatic rings. The van der Waals surface area contributed by atoms with E-state index in [9.17, 15) is 119 Å². The Hall–Kier alpha value is -11.1. The Labute approximate surface area is 700 Å². The van der Waals surface area contributed by atoms with Crippen LogP contribution in [-0.4, -0.2) is 286 Å². The summed E-state index contributed by atoms with van der Waals surface area (Å²) in [7, 11) is 0. The molecular formula is C75H96Br2N16O27. The molecule has 1 saturated heterocycles. The number of allylic oxidation sites excluding steroid dienone is 2. The number of ether oxygens (including phenoxy) is 1. The summed E-state index contributed by atoms with van der Waals surface area (Å²) in [4.78, 5) is 214. The van der Waals surface area contributed by atoms with E-state index in [4.69, 9.17) is 16.2 Å². The molecule has 652 valence electrons. The van der Waals surface area contributed by atoms with Gasteiger partial charge in [-0.25, -0.2) is 9.13 Å². The first-order valence-electron chi connectivity index (χ1n) is 37.4. The minimum atomic E-state index is -2.74. The quantitative estimate of drug-likeness (QED) is 0.0325. The standard InChI is InChI=1S/C75H96Br2N16O27/c1-34(8-9-36-10-14-39(76)15-11-36)20-52(99)43-27-57(103)83-50(30-94)70(114)88-49-29-92-28-41(93(33-92)74-63(107)62(106)60(104)53(32-96)120-74)23-46(67(111)90-58(35(2)97)72(116)89-51(31-95)71(115)85-45(66(110)84-43)21-37-6-4-3-5-7-37)81-56(102)25-42(98)24-48(75(118)119)82-55(101)18-19-80-65(109)44(22-38-12-16-40(77)17-13-38)87-73(117)59(61(105)64(79)108)91-68(112)47(26-54(78)100)86-69(49)113/h3-17,20,28,33,35,42-53,58-63,74,94-99,104-107H,18-19,21-27,29-32H2,1-2H3,(H16-,78,79,80,81,82,83,84,85,86,87,88,89,90,91,100,101,102,103,108,109,110,111,112,113,114,115,116,117,118,119)/b9-8+,34-20+/t35-,42+,43-,44-,45-,46-,47-,48-,49+,50-,51-,52-,53+,58-,59-,60-,61+,62-,63+,74+/m0/s1. The van der Waals surface area contributed by atoms with Crippen molar-refractivity contribution in [3.05, 3.63) is 140 Å². The Morgan fingerprint density at radius 3 is 1.73 bits per heavy atom. The summed E-state index contributed by atoms with van der Waals surface area (Å²) in [6, 6.07) is -2.72. The Balaban J connectivity index is 1.44. The largest absolute Gasteiger partial charge is 0.548 e. The number of aliphatic carboxylic acids is 1. The van der Waals surface area contributed by atoms with Crippen molar-refractivity contribution in [2.24, 2.45) is 11.5 Å². The van der Waals surface area contributed by atoms with Gasteiger partial charge in [-0.3, -0.25) is 67.1 Å². The van der Waals surface area contributed by atoms with Gasteiger partial charge in [0, 0.05) is 47.6 Å². The number of halogens is 2. The van der Waals surface area contributed by atoms with Crippen molar-refractivity contribution in [2.75, 3.05) is 26.4 Å². The zero-order valence-electron chi connectivity index (χ0n) is 64.3. The third kappa shape index (κ3) is 28.3. The van der Waals surface area contributed by atoms with Crippen molar-refractivity contribution >= 4 is 127 Å². The summed E-state index contributed by atoms with van der Waals surface area (Å²) in [5.41, 5.74) is 12.3. The second-order valence-electron chi connectivity index (χ2n) is 28.6. The second-order valence-corrected chi connectivity index (χ2v) is 30.4. The number of amides is 14. The number of primary amides is 2. The Morgan fingerprint density at radius 1 is 0.583 bits per heavy atom. The Kier molecular flexibility index (Phi) is 36.3. The van der Waals surface area contributed by atoms with Gasteiger partial charge in [-0.05, 0) is 61.2 Å². The van der Waals surface area contributed by atoms with Gasteiger partial charge in [-0.1, -0.05) is 110 Å². The number of nitrogens with one attached hydrogen (secondary N) is 12. The number of benzene rings is 3. The maximum Gasteiger partial charge on any atom is 0.248 e. The normalized spacial score (nSPS) is 28.1. The van der Waals surface area contributed by atoms with Crippen LogP contribution in [0.3, 0.4) is 0 Å². The molecule has 0 aliphatic carbocycles. The van der Waals surface area contributed by atoms with Crippen LogP contribution in [0.5, 0.6) is 0 Å². The molecule has 45 heteroatoms. The highest BCUT2D eigenvalue weighted by atomic mass is 79.9. The molecule has 1 aromatic heterocycles. The van der Waals surface area contributed by atoms with Crippen LogP contribution in [0.25, 0.3) is 6.08 Å². The van der Waals surface area contributed by atoms with Gasteiger partial charge >= 0.3 is 0 Å². The number of imidazole rings is 1. The SMILES string of the molecule is CC(/C=C/c1ccc(Br)cc1)=C\[C@H](O)[C@@H]1CC(=O)N[C@@H](CO)C(=O)N[C@@H]2Cn3cc([n+]([C@@H]4O[C@H](CO)[C@H](O)[C@H](O)[C@H]4O)c3)C[C@H](NC(=O)C[C@H](O)C[C@@H](C(=O)[O-])NC(=O)CCNC(=O)[C@H](Cc3ccc(Br)cc3)NC(=O)[C@H]([C@@H](O)C(N)=O)NC(=O)[C@H](CC(N)=O)NC2=O)C(=O)N[C@@H]([C@H](C)O)C(=O)N[C@@H](CO)C(=O)N[C@@H](Cc2ccccc2)C(=O)N1. The van der Waals surface area contributed by atoms with Gasteiger partial charge in [0.25, 0.3) is 0 Å². The number of nitrogens with two attached hydrogens (primary N) is 2. The average Bonchev–Trinajstić information content (AvgIpc) is 1.49. The first-order chi connectivity index (χ1) is 56.8. The number of fused-ring (bicyclic) bond motifs is 2. The van der Waals surface area contributed by atoms with E-state index >= 15 is 9.59 Å². The van der Waals surface area contributed by atoms with Gasteiger partial charge in [0.1, 0.15) is 97.2 Å². The summed E-state index contributed by atoms with van der Waals surface area (Å²) in [6.07, 6.45) is -20.1. The molecule has 14 amide bonds. The van der Waals surface area contributed by atoms with Crippen molar-refractivity contribution in [1.82, 2.24) is 68.4 Å². The molecule has 4 heterocycles. The van der Waals surface area contributed by atoms with E-state index in [2.05, 4.69) is 90.3 Å². The molecule has 43 nitrogen and oxygen atoms in total. The third-order valence-corrected chi connectivity index (χ3v) is 20.2. The number of aromatic nitrogens is 2. The van der Waals surface area contributed by atoms with E-state index in [1.807, 2.05) is 5.32 Å². The minimum Gasteiger partial charge on any atom is -0.548 e. The molecule has 7 rings (SSSR count). The highest BCUT2D eigenvalue weighted by Gasteiger charge is 2.49. The zero-order valence-corrected chi connectivity index (χ0v) is 67.5. The van der Waals surface area contributed by atoms with Crippen molar-refractivity contribution in [3.8, 4) is 0 Å². The lowest BCUT2D eigenvalue weighted by molar-refractivity contribution is -0.783. The monoisotopic (exact) mass is 1810 g/mol. The maximum atomic E-state index is 15.3. The van der Waals surface area contributed by atoms with Gasteiger partial charge in [0.15, 0.2) is 6.10 Å². The van der Waals surface area contributed by atoms with Crippen LogP contribution in [0.1, 0.15) is 74.6 Å². The highest BCUT2D eigenvalue weighted by molar-refractivity contribution is 9.10. The number of aliphatic hydroxyl groups excluding tert-OH is 10. The first-order valence-corrected chi connectivity index (χ1v) is 39.0. The number of hydrogen-bond donors (Lipinski definition) is 24. The molecule has 0 unspecified atom stereocenters. The van der Waals surface area contributed by atoms with Crippen LogP contribution in [-0.2, 0) is 102 Å². The summed E-state index contributed by atoms with van der Waals surface area (Å²) < 4.78 is 8.95. The number of rotatable bonds is 18. The third-order valence-electron chi connectivity index (χ3n) is 19.2. The van der Waals surface area contributed by atoms with Crippen LogP contribution in [0.4, 0.5) is 0 Å². The molecule has 120 heavy (non-hydrogen) atoms. The number of nitrogens with zero attached hydrogens (tertiary/aromatic N) is 2. The summed E-state index contributed by atoms with van der Waals surface area (Å²) in [5.74, 6) is -21.8. The number of hydrogen-bond acceptors (Lipinski definition) is 27. The average molecular weight is 1810 g/mol. The van der Waals surface area contributed by atoms with Gasteiger partial charge in [-0.2, -0.15) is 0 Å². The summed E-state index contributed by atoms with van der Waals surface area (Å²) in [5, 5.41) is 152. The van der Waals surface area contributed by atoms with E-state index in [0.29, 0.717) is 26.7 Å². The number of carbonyl (C=O) groups excluding carboxylic acids is 15. The summed E-state index contributed by atoms with van der Waals surface area (Å²) >= 11 is 6.64. The first kappa shape index (κ1) is 96.1.